The summed E-state index contributed by atoms with van der Waals surface area (Å²) in [5.41, 5.74) is 2.54. The average molecular weight is 459 g/mol. The van der Waals surface area contributed by atoms with Gasteiger partial charge in [0, 0.05) is 6.54 Å². The van der Waals surface area contributed by atoms with Crippen molar-refractivity contribution in [1.29, 1.82) is 0 Å². The van der Waals surface area contributed by atoms with Crippen molar-refractivity contribution in [2.75, 3.05) is 36.6 Å². The molecule has 3 aromatic heterocycles. The topological polar surface area (TPSA) is 116 Å². The van der Waals surface area contributed by atoms with Crippen molar-refractivity contribution in [3.8, 4) is 0 Å². The summed E-state index contributed by atoms with van der Waals surface area (Å²) in [6, 6.07) is 7.70. The Morgan fingerprint density at radius 3 is 3.03 bits per heavy atom. The molecule has 0 radical (unpaired) electrons. The number of H-pyrrole nitrogens is 1. The highest BCUT2D eigenvalue weighted by Crippen LogP contribution is 2.24. The van der Waals surface area contributed by atoms with Crippen LogP contribution in [0.3, 0.4) is 0 Å². The predicted octanol–water partition coefficient (Wildman–Crippen LogP) is 1.57. The van der Waals surface area contributed by atoms with Crippen LogP contribution in [0.15, 0.2) is 34.9 Å². The summed E-state index contributed by atoms with van der Waals surface area (Å²) >= 11 is 3.50. The number of nitrogens with one attached hydrogen (secondary N) is 2. The van der Waals surface area contributed by atoms with Crippen LogP contribution < -0.4 is 10.2 Å². The van der Waals surface area contributed by atoms with Crippen molar-refractivity contribution >= 4 is 44.5 Å². The lowest BCUT2D eigenvalue weighted by Gasteiger charge is -2.34. The molecule has 11 heteroatoms. The molecule has 0 spiro atoms. The van der Waals surface area contributed by atoms with Crippen LogP contribution in [-0.4, -0.2) is 67.1 Å². The van der Waals surface area contributed by atoms with Gasteiger partial charge in [0.15, 0.2) is 5.65 Å². The van der Waals surface area contributed by atoms with Crippen LogP contribution in [0.25, 0.3) is 16.7 Å². The third-order valence-electron chi connectivity index (χ3n) is 4.86. The second-order valence-electron chi connectivity index (χ2n) is 6.73. The fraction of sp³-hybridized carbons (Fsp3) is 0.333. The first kappa shape index (κ1) is 18.3. The Balaban J connectivity index is 1.48. The maximum atomic E-state index is 9.71. The van der Waals surface area contributed by atoms with E-state index in [0.717, 1.165) is 21.3 Å². The lowest BCUT2D eigenvalue weighted by molar-refractivity contribution is 0.0718. The number of aromatic nitrogens is 6. The van der Waals surface area contributed by atoms with Crippen LogP contribution in [0.1, 0.15) is 5.82 Å². The summed E-state index contributed by atoms with van der Waals surface area (Å²) in [5.74, 6) is 1.86. The van der Waals surface area contributed by atoms with Crippen molar-refractivity contribution in [1.82, 2.24) is 29.5 Å². The molecule has 1 fully saturated rings. The van der Waals surface area contributed by atoms with Gasteiger partial charge in [0.1, 0.15) is 5.82 Å². The highest BCUT2D eigenvalue weighted by Gasteiger charge is 2.26. The molecule has 0 bridgehead atoms. The predicted molar refractivity (Wildman–Crippen MR) is 111 cm³/mol. The van der Waals surface area contributed by atoms with Gasteiger partial charge in [-0.2, -0.15) is 19.6 Å². The normalized spacial score (nSPS) is 17.3. The van der Waals surface area contributed by atoms with Gasteiger partial charge in [-0.05, 0) is 28.1 Å². The zero-order valence-electron chi connectivity index (χ0n) is 15.4. The minimum atomic E-state index is -0.184. The molecule has 10 nitrogen and oxygen atoms in total. The molecule has 150 valence electrons. The first-order valence-electron chi connectivity index (χ1n) is 9.27. The minimum absolute atomic E-state index is 0.0310. The Hall–Kier alpha value is -2.76. The van der Waals surface area contributed by atoms with Gasteiger partial charge >= 0.3 is 0 Å². The fourth-order valence-corrected chi connectivity index (χ4v) is 3.75. The molecule has 1 aliphatic rings. The Morgan fingerprint density at radius 2 is 2.17 bits per heavy atom. The number of fused-ring (bicyclic) bond motifs is 2. The quantitative estimate of drug-likeness (QED) is 0.412. The zero-order chi connectivity index (χ0) is 19.8. The Labute approximate surface area is 174 Å². The van der Waals surface area contributed by atoms with Crippen LogP contribution in [-0.2, 0) is 11.3 Å². The second-order valence-corrected chi connectivity index (χ2v) is 7.59. The van der Waals surface area contributed by atoms with Crippen LogP contribution >= 0.6 is 15.9 Å². The third-order valence-corrected chi connectivity index (χ3v) is 5.42. The van der Waals surface area contributed by atoms with E-state index in [1.54, 1.807) is 10.7 Å². The molecule has 0 amide bonds. The summed E-state index contributed by atoms with van der Waals surface area (Å²) < 4.78 is 7.88. The standard InChI is InChI=1S/C18H19BrN8O2/c19-12-7-21-27-16(12)24-18(26-5-6-29-10-11(26)9-28)25-17(27)20-8-15-22-13-3-1-2-4-14(13)23-15/h1-4,7,11,28H,5-6,8-10H2,(H,22,23)(H,20,24,25)/t11-/m1/s1. The Bertz CT molecular complexity index is 1130. The van der Waals surface area contributed by atoms with E-state index in [1.807, 2.05) is 29.2 Å². The summed E-state index contributed by atoms with van der Waals surface area (Å²) in [7, 11) is 0. The monoisotopic (exact) mass is 458 g/mol. The van der Waals surface area contributed by atoms with Crippen LogP contribution in [0, 0.1) is 0 Å². The molecular weight excluding hydrogens is 440 g/mol. The number of hydrogen-bond acceptors (Lipinski definition) is 8. The second kappa shape index (κ2) is 7.58. The van der Waals surface area contributed by atoms with Crippen molar-refractivity contribution in [2.45, 2.75) is 12.6 Å². The van der Waals surface area contributed by atoms with Crippen LogP contribution in [0.5, 0.6) is 0 Å². The van der Waals surface area contributed by atoms with Crippen LogP contribution in [0.2, 0.25) is 0 Å². The summed E-state index contributed by atoms with van der Waals surface area (Å²) in [6.07, 6.45) is 1.68. The molecule has 0 saturated carbocycles. The van der Waals surface area contributed by atoms with E-state index < -0.39 is 0 Å². The number of imidazole rings is 1. The third kappa shape index (κ3) is 3.41. The summed E-state index contributed by atoms with van der Waals surface area (Å²) in [6.45, 7) is 2.03. The van der Waals surface area contributed by atoms with Gasteiger partial charge in [-0.3, -0.25) is 0 Å². The molecule has 0 unspecified atom stereocenters. The van der Waals surface area contributed by atoms with E-state index in [0.29, 0.717) is 43.8 Å². The molecule has 4 aromatic rings. The molecule has 1 aromatic carbocycles. The van der Waals surface area contributed by atoms with Crippen molar-refractivity contribution in [3.05, 3.63) is 40.8 Å². The number of morpholine rings is 1. The van der Waals surface area contributed by atoms with Gasteiger partial charge in [-0.15, -0.1) is 0 Å². The van der Waals surface area contributed by atoms with Gasteiger partial charge in [-0.25, -0.2) is 4.98 Å². The van der Waals surface area contributed by atoms with Crippen molar-refractivity contribution < 1.29 is 9.84 Å². The lowest BCUT2D eigenvalue weighted by atomic mass is 10.2. The molecule has 5 rings (SSSR count). The number of aliphatic hydroxyl groups is 1. The van der Waals surface area contributed by atoms with Crippen LogP contribution in [0.4, 0.5) is 11.9 Å². The fourth-order valence-electron chi connectivity index (χ4n) is 3.40. The van der Waals surface area contributed by atoms with E-state index >= 15 is 0 Å². The van der Waals surface area contributed by atoms with Gasteiger partial charge in [0.05, 0.1) is 54.1 Å². The van der Waals surface area contributed by atoms with E-state index in [1.165, 1.54) is 0 Å². The maximum Gasteiger partial charge on any atom is 0.231 e. The number of benzene rings is 1. The van der Waals surface area contributed by atoms with Gasteiger partial charge in [-0.1, -0.05) is 12.1 Å². The first-order valence-corrected chi connectivity index (χ1v) is 10.1. The highest BCUT2D eigenvalue weighted by molar-refractivity contribution is 9.10. The maximum absolute atomic E-state index is 9.71. The minimum Gasteiger partial charge on any atom is -0.394 e. The van der Waals surface area contributed by atoms with Gasteiger partial charge in [0.2, 0.25) is 11.9 Å². The highest BCUT2D eigenvalue weighted by atomic mass is 79.9. The van der Waals surface area contributed by atoms with E-state index in [-0.39, 0.29) is 12.6 Å². The molecule has 3 N–H and O–H groups in total. The van der Waals surface area contributed by atoms with Crippen molar-refractivity contribution in [3.63, 3.8) is 0 Å². The zero-order valence-corrected chi connectivity index (χ0v) is 17.0. The first-order chi connectivity index (χ1) is 14.2. The molecular formula is C18H19BrN8O2. The number of ether oxygens (including phenoxy) is 1. The summed E-state index contributed by atoms with van der Waals surface area (Å²) in [4.78, 5) is 19.2. The number of anilines is 2. The molecule has 29 heavy (non-hydrogen) atoms. The lowest BCUT2D eigenvalue weighted by Crippen LogP contribution is -2.48. The Morgan fingerprint density at radius 1 is 1.28 bits per heavy atom. The smallest absolute Gasteiger partial charge is 0.231 e. The Kier molecular flexibility index (Phi) is 4.78. The average Bonchev–Trinajstić information content (AvgIpc) is 3.35. The van der Waals surface area contributed by atoms with Gasteiger partial charge < -0.3 is 25.0 Å². The number of halogens is 1. The van der Waals surface area contributed by atoms with Gasteiger partial charge in [0.25, 0.3) is 0 Å². The number of aromatic amines is 1. The number of aliphatic hydroxyl groups excluding tert-OH is 1. The van der Waals surface area contributed by atoms with E-state index in [9.17, 15) is 5.11 Å². The van der Waals surface area contributed by atoms with Crippen molar-refractivity contribution in [2.24, 2.45) is 0 Å². The number of nitrogens with zero attached hydrogens (tertiary/aromatic N) is 6. The largest absolute Gasteiger partial charge is 0.394 e. The number of rotatable bonds is 5. The number of hydrogen-bond donors (Lipinski definition) is 3. The molecule has 1 saturated heterocycles. The molecule has 4 heterocycles. The molecule has 1 atom stereocenters. The summed E-state index contributed by atoms with van der Waals surface area (Å²) in [5, 5.41) is 17.4. The SMILES string of the molecule is OC[C@@H]1COCCN1c1nc(NCc2nc3ccccc3[nH]2)n2ncc(Br)c2n1. The van der Waals surface area contributed by atoms with E-state index in [4.69, 9.17) is 4.74 Å². The van der Waals surface area contributed by atoms with E-state index in [2.05, 4.69) is 46.3 Å². The number of para-hydroxylation sites is 2. The molecule has 0 aliphatic carbocycles. The molecule has 1 aliphatic heterocycles.